The van der Waals surface area contributed by atoms with Gasteiger partial charge in [-0.3, -0.25) is 4.79 Å². The molecular formula is C12H22O. The van der Waals surface area contributed by atoms with Crippen LogP contribution in [0.5, 0.6) is 0 Å². The van der Waals surface area contributed by atoms with E-state index in [-0.39, 0.29) is 0 Å². The SMILES string of the molecule is CCCCCCC(=O)C1CCCC1. The zero-order valence-electron chi connectivity index (χ0n) is 8.85. The highest BCUT2D eigenvalue weighted by molar-refractivity contribution is 5.81. The molecule has 76 valence electrons. The lowest BCUT2D eigenvalue weighted by molar-refractivity contribution is -0.122. The fourth-order valence-electron chi connectivity index (χ4n) is 2.18. The number of unbranched alkanes of at least 4 members (excludes halogenated alkanes) is 3. The van der Waals surface area contributed by atoms with Crippen LogP contribution in [0.15, 0.2) is 0 Å². The van der Waals surface area contributed by atoms with E-state index >= 15 is 0 Å². The molecule has 13 heavy (non-hydrogen) atoms. The highest BCUT2D eigenvalue weighted by Crippen LogP contribution is 2.26. The van der Waals surface area contributed by atoms with Crippen molar-refractivity contribution in [3.63, 3.8) is 0 Å². The van der Waals surface area contributed by atoms with Gasteiger partial charge in [-0.15, -0.1) is 0 Å². The fourth-order valence-corrected chi connectivity index (χ4v) is 2.18. The number of hydrogen-bond donors (Lipinski definition) is 0. The van der Waals surface area contributed by atoms with Gasteiger partial charge in [0.15, 0.2) is 0 Å². The van der Waals surface area contributed by atoms with E-state index in [1.54, 1.807) is 0 Å². The van der Waals surface area contributed by atoms with Crippen molar-refractivity contribution in [2.75, 3.05) is 0 Å². The van der Waals surface area contributed by atoms with Crippen molar-refractivity contribution in [2.24, 2.45) is 5.92 Å². The minimum Gasteiger partial charge on any atom is -0.299 e. The van der Waals surface area contributed by atoms with Crippen LogP contribution < -0.4 is 0 Å². The first-order chi connectivity index (χ1) is 6.34. The Kier molecular flexibility index (Phi) is 5.10. The number of hydrogen-bond acceptors (Lipinski definition) is 1. The van der Waals surface area contributed by atoms with E-state index in [9.17, 15) is 4.79 Å². The number of rotatable bonds is 6. The average molecular weight is 182 g/mol. The van der Waals surface area contributed by atoms with Gasteiger partial charge in [0.2, 0.25) is 0 Å². The van der Waals surface area contributed by atoms with Gasteiger partial charge in [-0.05, 0) is 19.3 Å². The highest BCUT2D eigenvalue weighted by Gasteiger charge is 2.21. The molecule has 1 saturated carbocycles. The Balaban J connectivity index is 2.03. The highest BCUT2D eigenvalue weighted by atomic mass is 16.1. The molecule has 0 saturated heterocycles. The summed E-state index contributed by atoms with van der Waals surface area (Å²) in [5.41, 5.74) is 0. The summed E-state index contributed by atoms with van der Waals surface area (Å²) < 4.78 is 0. The normalized spacial score (nSPS) is 17.9. The maximum absolute atomic E-state index is 11.6. The summed E-state index contributed by atoms with van der Waals surface area (Å²) in [6.07, 6.45) is 10.7. The Morgan fingerprint density at radius 2 is 1.85 bits per heavy atom. The third-order valence-electron chi connectivity index (χ3n) is 3.09. The largest absolute Gasteiger partial charge is 0.299 e. The molecule has 1 heteroatoms. The predicted octanol–water partition coefficient (Wildman–Crippen LogP) is 3.72. The molecule has 1 nitrogen and oxygen atoms in total. The van der Waals surface area contributed by atoms with Crippen LogP contribution in [0.25, 0.3) is 0 Å². The van der Waals surface area contributed by atoms with Gasteiger partial charge in [0.25, 0.3) is 0 Å². The second kappa shape index (κ2) is 6.17. The van der Waals surface area contributed by atoms with Gasteiger partial charge in [-0.1, -0.05) is 39.0 Å². The second-order valence-corrected chi connectivity index (χ2v) is 4.26. The lowest BCUT2D eigenvalue weighted by Gasteiger charge is -2.06. The van der Waals surface area contributed by atoms with Crippen LogP contribution in [0, 0.1) is 5.92 Å². The van der Waals surface area contributed by atoms with Crippen LogP contribution in [-0.2, 0) is 4.79 Å². The lowest BCUT2D eigenvalue weighted by Crippen LogP contribution is -2.09. The predicted molar refractivity (Wildman–Crippen MR) is 55.7 cm³/mol. The number of carbonyl (C=O) groups is 1. The topological polar surface area (TPSA) is 17.1 Å². The summed E-state index contributed by atoms with van der Waals surface area (Å²) in [7, 11) is 0. The van der Waals surface area contributed by atoms with Gasteiger partial charge in [0.1, 0.15) is 5.78 Å². The van der Waals surface area contributed by atoms with Crippen molar-refractivity contribution in [2.45, 2.75) is 64.7 Å². The molecule has 0 aliphatic heterocycles. The molecule has 0 atom stereocenters. The third-order valence-corrected chi connectivity index (χ3v) is 3.09. The van der Waals surface area contributed by atoms with Crippen molar-refractivity contribution in [3.05, 3.63) is 0 Å². The Labute approximate surface area is 81.9 Å². The smallest absolute Gasteiger partial charge is 0.135 e. The van der Waals surface area contributed by atoms with Crippen LogP contribution >= 0.6 is 0 Å². The number of carbonyl (C=O) groups excluding carboxylic acids is 1. The van der Waals surface area contributed by atoms with Crippen LogP contribution in [-0.4, -0.2) is 5.78 Å². The third kappa shape index (κ3) is 3.93. The van der Waals surface area contributed by atoms with Crippen molar-refractivity contribution in [3.8, 4) is 0 Å². The van der Waals surface area contributed by atoms with Gasteiger partial charge >= 0.3 is 0 Å². The molecule has 0 radical (unpaired) electrons. The number of Topliss-reactive ketones (excluding diaryl/α,β-unsaturated/α-hetero) is 1. The second-order valence-electron chi connectivity index (χ2n) is 4.26. The van der Waals surface area contributed by atoms with E-state index in [2.05, 4.69) is 6.92 Å². The van der Waals surface area contributed by atoms with Crippen LogP contribution in [0.4, 0.5) is 0 Å². The molecule has 0 aromatic heterocycles. The Hall–Kier alpha value is -0.330. The molecule has 0 unspecified atom stereocenters. The minimum absolute atomic E-state index is 0.446. The maximum Gasteiger partial charge on any atom is 0.135 e. The summed E-state index contributed by atoms with van der Waals surface area (Å²) >= 11 is 0. The van der Waals surface area contributed by atoms with Crippen LogP contribution in [0.2, 0.25) is 0 Å². The van der Waals surface area contributed by atoms with Crippen molar-refractivity contribution >= 4 is 5.78 Å². The molecular weight excluding hydrogens is 160 g/mol. The summed E-state index contributed by atoms with van der Waals surface area (Å²) in [4.78, 5) is 11.6. The van der Waals surface area contributed by atoms with Crippen molar-refractivity contribution in [1.82, 2.24) is 0 Å². The maximum atomic E-state index is 11.6. The molecule has 0 bridgehead atoms. The molecule has 1 fully saturated rings. The molecule has 0 heterocycles. The molecule has 0 aromatic rings. The van der Waals surface area contributed by atoms with E-state index in [4.69, 9.17) is 0 Å². The van der Waals surface area contributed by atoms with Gasteiger partial charge in [-0.25, -0.2) is 0 Å². The summed E-state index contributed by atoms with van der Waals surface area (Å²) in [6, 6.07) is 0. The Morgan fingerprint density at radius 3 is 2.46 bits per heavy atom. The zero-order chi connectivity index (χ0) is 9.52. The molecule has 1 aliphatic carbocycles. The van der Waals surface area contributed by atoms with Crippen LogP contribution in [0.1, 0.15) is 64.7 Å². The molecule has 0 amide bonds. The minimum atomic E-state index is 0.446. The monoisotopic (exact) mass is 182 g/mol. The molecule has 1 rings (SSSR count). The fraction of sp³-hybridized carbons (Fsp3) is 0.917. The van der Waals surface area contributed by atoms with Crippen molar-refractivity contribution < 1.29 is 4.79 Å². The standard InChI is InChI=1S/C12H22O/c1-2-3-4-5-10-12(13)11-8-6-7-9-11/h11H,2-10H2,1H3. The van der Waals surface area contributed by atoms with E-state index in [1.807, 2.05) is 0 Å². The van der Waals surface area contributed by atoms with E-state index in [0.29, 0.717) is 11.7 Å². The molecule has 1 aliphatic rings. The Bertz CT molecular complexity index is 145. The number of ketones is 1. The summed E-state index contributed by atoms with van der Waals surface area (Å²) in [6.45, 7) is 2.21. The van der Waals surface area contributed by atoms with E-state index < -0.39 is 0 Å². The van der Waals surface area contributed by atoms with Gasteiger partial charge in [0, 0.05) is 12.3 Å². The first-order valence-corrected chi connectivity index (χ1v) is 5.87. The quantitative estimate of drug-likeness (QED) is 0.572. The van der Waals surface area contributed by atoms with E-state index in [1.165, 1.54) is 44.9 Å². The zero-order valence-corrected chi connectivity index (χ0v) is 8.85. The van der Waals surface area contributed by atoms with Crippen LogP contribution in [0.3, 0.4) is 0 Å². The first kappa shape index (κ1) is 10.7. The Morgan fingerprint density at radius 1 is 1.15 bits per heavy atom. The summed E-state index contributed by atoms with van der Waals surface area (Å²) in [5, 5.41) is 0. The first-order valence-electron chi connectivity index (χ1n) is 5.87. The molecule has 0 N–H and O–H groups in total. The lowest BCUT2D eigenvalue weighted by atomic mass is 9.98. The van der Waals surface area contributed by atoms with Gasteiger partial charge < -0.3 is 0 Å². The molecule has 0 spiro atoms. The molecule has 0 aromatic carbocycles. The van der Waals surface area contributed by atoms with E-state index in [0.717, 1.165) is 12.8 Å². The van der Waals surface area contributed by atoms with Gasteiger partial charge in [-0.2, -0.15) is 0 Å². The van der Waals surface area contributed by atoms with Crippen molar-refractivity contribution in [1.29, 1.82) is 0 Å². The summed E-state index contributed by atoms with van der Waals surface area (Å²) in [5.74, 6) is 0.996. The average Bonchev–Trinajstić information content (AvgIpc) is 2.65. The van der Waals surface area contributed by atoms with Gasteiger partial charge in [0.05, 0.1) is 0 Å².